The molecule has 0 radical (unpaired) electrons. The highest BCUT2D eigenvalue weighted by Gasteiger charge is 2.31. The monoisotopic (exact) mass is 446 g/mol. The average Bonchev–Trinajstić information content (AvgIpc) is 3.27. The largest absolute Gasteiger partial charge is 0.301 e. The van der Waals surface area contributed by atoms with Crippen LogP contribution in [0.2, 0.25) is 0 Å². The minimum absolute atomic E-state index is 0.100. The van der Waals surface area contributed by atoms with E-state index in [0.29, 0.717) is 27.3 Å². The molecule has 1 aliphatic rings. The zero-order valence-corrected chi connectivity index (χ0v) is 18.8. The lowest BCUT2D eigenvalue weighted by Crippen LogP contribution is -2.29. The highest BCUT2D eigenvalue weighted by atomic mass is 32.2. The van der Waals surface area contributed by atoms with Crippen LogP contribution in [0, 0.1) is 0 Å². The third-order valence-corrected chi connectivity index (χ3v) is 6.72. The molecule has 0 saturated carbocycles. The summed E-state index contributed by atoms with van der Waals surface area (Å²) in [5, 5.41) is 12.1. The molecule has 2 heterocycles. The Kier molecular flexibility index (Phi) is 7.51. The number of aromatic nitrogens is 2. The molecule has 1 aromatic carbocycles. The van der Waals surface area contributed by atoms with E-state index in [4.69, 9.17) is 12.2 Å². The Labute approximate surface area is 183 Å². The molecular formula is C20H22N4O2S3. The molecule has 1 saturated heterocycles. The molecule has 1 aromatic heterocycles. The van der Waals surface area contributed by atoms with Crippen molar-refractivity contribution in [1.82, 2.24) is 15.1 Å². The van der Waals surface area contributed by atoms with Gasteiger partial charge in [-0.1, -0.05) is 73.4 Å². The summed E-state index contributed by atoms with van der Waals surface area (Å²) in [5.41, 5.74) is 2.23. The van der Waals surface area contributed by atoms with Gasteiger partial charge in [0.2, 0.25) is 11.0 Å². The van der Waals surface area contributed by atoms with Crippen LogP contribution in [0.5, 0.6) is 0 Å². The van der Waals surface area contributed by atoms with Gasteiger partial charge in [-0.3, -0.25) is 14.5 Å². The summed E-state index contributed by atoms with van der Waals surface area (Å²) in [6.07, 6.45) is 4.45. The van der Waals surface area contributed by atoms with Gasteiger partial charge in [0, 0.05) is 13.0 Å². The number of hydrogen-bond acceptors (Lipinski definition) is 7. The van der Waals surface area contributed by atoms with Gasteiger partial charge in [0.1, 0.15) is 9.33 Å². The zero-order valence-electron chi connectivity index (χ0n) is 16.3. The standard InChI is InChI=1S/C20H22N4O2S3/c1-3-13-7-9-14(10-8-13)12-15-18(26)24(20(27)28-15)11-5-6-16(25)21-19-23-22-17(4-2)29-19/h7-10,12H,3-6,11H2,1-2H3,(H,21,23,25). The Morgan fingerprint density at radius 2 is 1.97 bits per heavy atom. The molecule has 0 spiro atoms. The summed E-state index contributed by atoms with van der Waals surface area (Å²) >= 11 is 8.04. The number of nitrogens with zero attached hydrogens (tertiary/aromatic N) is 3. The maximum atomic E-state index is 12.7. The van der Waals surface area contributed by atoms with Crippen LogP contribution in [0.3, 0.4) is 0 Å². The molecule has 0 atom stereocenters. The number of rotatable bonds is 8. The second kappa shape index (κ2) is 10.1. The lowest BCUT2D eigenvalue weighted by atomic mass is 10.1. The third-order valence-electron chi connectivity index (χ3n) is 4.36. The number of hydrogen-bond donors (Lipinski definition) is 1. The van der Waals surface area contributed by atoms with Crippen molar-refractivity contribution in [3.63, 3.8) is 0 Å². The number of benzene rings is 1. The maximum Gasteiger partial charge on any atom is 0.266 e. The topological polar surface area (TPSA) is 75.2 Å². The van der Waals surface area contributed by atoms with Crippen LogP contribution in [0.1, 0.15) is 42.8 Å². The molecule has 2 aromatic rings. The number of anilines is 1. The highest BCUT2D eigenvalue weighted by molar-refractivity contribution is 8.26. The van der Waals surface area contributed by atoms with Crippen LogP contribution >= 0.6 is 35.3 Å². The molecule has 1 fully saturated rings. The van der Waals surface area contributed by atoms with Gasteiger partial charge in [0.15, 0.2) is 0 Å². The van der Waals surface area contributed by atoms with Crippen LogP contribution < -0.4 is 5.32 Å². The molecule has 152 valence electrons. The Morgan fingerprint density at radius 1 is 1.21 bits per heavy atom. The van der Waals surface area contributed by atoms with E-state index >= 15 is 0 Å². The van der Waals surface area contributed by atoms with Crippen molar-refractivity contribution in [3.8, 4) is 0 Å². The van der Waals surface area contributed by atoms with Crippen LogP contribution in [0.4, 0.5) is 5.13 Å². The van der Waals surface area contributed by atoms with Gasteiger partial charge in [-0.15, -0.1) is 10.2 Å². The lowest BCUT2D eigenvalue weighted by molar-refractivity contribution is -0.122. The number of carbonyl (C=O) groups excluding carboxylic acids is 2. The Morgan fingerprint density at radius 3 is 2.62 bits per heavy atom. The van der Waals surface area contributed by atoms with Crippen molar-refractivity contribution in [3.05, 3.63) is 45.3 Å². The van der Waals surface area contributed by atoms with Crippen molar-refractivity contribution in [2.45, 2.75) is 39.5 Å². The van der Waals surface area contributed by atoms with Crippen molar-refractivity contribution in [2.24, 2.45) is 0 Å². The molecule has 0 bridgehead atoms. The normalized spacial score (nSPS) is 15.4. The van der Waals surface area contributed by atoms with E-state index in [-0.39, 0.29) is 18.2 Å². The predicted molar refractivity (Wildman–Crippen MR) is 123 cm³/mol. The van der Waals surface area contributed by atoms with E-state index in [1.54, 1.807) is 4.90 Å². The second-order valence-corrected chi connectivity index (χ2v) is 9.17. The lowest BCUT2D eigenvalue weighted by Gasteiger charge is -2.13. The Balaban J connectivity index is 1.51. The molecule has 0 aliphatic carbocycles. The summed E-state index contributed by atoms with van der Waals surface area (Å²) in [6, 6.07) is 8.14. The molecule has 1 N–H and O–H groups in total. The summed E-state index contributed by atoms with van der Waals surface area (Å²) in [6.45, 7) is 4.51. The Hall–Kier alpha value is -2.10. The molecule has 29 heavy (non-hydrogen) atoms. The third kappa shape index (κ3) is 5.71. The first-order valence-electron chi connectivity index (χ1n) is 9.46. The number of thiocarbonyl (C=S) groups is 1. The minimum Gasteiger partial charge on any atom is -0.301 e. The van der Waals surface area contributed by atoms with Crippen molar-refractivity contribution >= 4 is 62.7 Å². The highest BCUT2D eigenvalue weighted by Crippen LogP contribution is 2.32. The molecule has 1 aliphatic heterocycles. The number of thioether (sulfide) groups is 1. The summed E-state index contributed by atoms with van der Waals surface area (Å²) in [5.74, 6) is -0.238. The Bertz CT molecular complexity index is 937. The fourth-order valence-corrected chi connectivity index (χ4v) is 4.72. The first-order valence-corrected chi connectivity index (χ1v) is 11.5. The van der Waals surface area contributed by atoms with Crippen LogP contribution in [0.15, 0.2) is 29.2 Å². The minimum atomic E-state index is -0.138. The van der Waals surface area contributed by atoms with E-state index in [1.807, 2.05) is 25.1 Å². The van der Waals surface area contributed by atoms with Crippen LogP contribution in [-0.4, -0.2) is 37.8 Å². The molecule has 0 unspecified atom stereocenters. The van der Waals surface area contributed by atoms with Crippen LogP contribution in [0.25, 0.3) is 6.08 Å². The number of amides is 2. The van der Waals surface area contributed by atoms with Crippen molar-refractivity contribution < 1.29 is 9.59 Å². The second-order valence-electron chi connectivity index (χ2n) is 6.43. The van der Waals surface area contributed by atoms with Crippen molar-refractivity contribution in [2.75, 3.05) is 11.9 Å². The summed E-state index contributed by atoms with van der Waals surface area (Å²) < 4.78 is 0.531. The molecular weight excluding hydrogens is 424 g/mol. The summed E-state index contributed by atoms with van der Waals surface area (Å²) in [7, 11) is 0. The van der Waals surface area contributed by atoms with Crippen molar-refractivity contribution in [1.29, 1.82) is 0 Å². The first-order chi connectivity index (χ1) is 14.0. The van der Waals surface area contributed by atoms with Gasteiger partial charge in [0.25, 0.3) is 5.91 Å². The fourth-order valence-electron chi connectivity index (χ4n) is 2.72. The van der Waals surface area contributed by atoms with E-state index in [2.05, 4.69) is 34.6 Å². The van der Waals surface area contributed by atoms with Gasteiger partial charge in [0.05, 0.1) is 4.91 Å². The molecule has 2 amide bonds. The van der Waals surface area contributed by atoms with E-state index in [9.17, 15) is 9.59 Å². The molecule has 6 nitrogen and oxygen atoms in total. The number of carbonyl (C=O) groups is 2. The quantitative estimate of drug-likeness (QED) is 0.482. The van der Waals surface area contributed by atoms with Gasteiger partial charge >= 0.3 is 0 Å². The van der Waals surface area contributed by atoms with Gasteiger partial charge in [-0.25, -0.2) is 0 Å². The van der Waals surface area contributed by atoms with E-state index in [0.717, 1.165) is 23.4 Å². The number of aryl methyl sites for hydroxylation is 2. The molecule has 3 rings (SSSR count). The SMILES string of the molecule is CCc1ccc(C=C2SC(=S)N(CCCC(=O)Nc3nnc(CC)s3)C2=O)cc1. The van der Waals surface area contributed by atoms with Crippen LogP contribution in [-0.2, 0) is 22.4 Å². The summed E-state index contributed by atoms with van der Waals surface area (Å²) in [4.78, 5) is 26.9. The average molecular weight is 447 g/mol. The van der Waals surface area contributed by atoms with Gasteiger partial charge in [-0.05, 0) is 36.5 Å². The zero-order chi connectivity index (χ0) is 20.8. The van der Waals surface area contributed by atoms with E-state index < -0.39 is 0 Å². The van der Waals surface area contributed by atoms with E-state index in [1.165, 1.54) is 28.7 Å². The van der Waals surface area contributed by atoms with Gasteiger partial charge in [-0.2, -0.15) is 0 Å². The molecule has 9 heteroatoms. The predicted octanol–water partition coefficient (Wildman–Crippen LogP) is 4.28. The maximum absolute atomic E-state index is 12.7. The number of nitrogens with one attached hydrogen (secondary N) is 1. The fraction of sp³-hybridized carbons (Fsp3) is 0.350. The van der Waals surface area contributed by atoms with Gasteiger partial charge < -0.3 is 5.32 Å². The smallest absolute Gasteiger partial charge is 0.266 e. The first kappa shape index (κ1) is 21.6.